The van der Waals surface area contributed by atoms with E-state index in [0.717, 1.165) is 4.90 Å². The smallest absolute Gasteiger partial charge is 0.328 e. The fourth-order valence-corrected chi connectivity index (χ4v) is 2.00. The van der Waals surface area contributed by atoms with E-state index in [-0.39, 0.29) is 19.5 Å². The van der Waals surface area contributed by atoms with Gasteiger partial charge in [-0.15, -0.1) is 0 Å². The highest BCUT2D eigenvalue weighted by Gasteiger charge is 2.34. The molecule has 1 heterocycles. The molecule has 2 amide bonds. The summed E-state index contributed by atoms with van der Waals surface area (Å²) in [4.78, 5) is 35.5. The van der Waals surface area contributed by atoms with E-state index >= 15 is 0 Å². The van der Waals surface area contributed by atoms with Gasteiger partial charge in [-0.1, -0.05) is 12.1 Å². The van der Waals surface area contributed by atoms with Gasteiger partial charge in [-0.3, -0.25) is 9.59 Å². The second kappa shape index (κ2) is 5.68. The minimum absolute atomic E-state index is 0.0721. The second-order valence-corrected chi connectivity index (χ2v) is 4.48. The van der Waals surface area contributed by atoms with Crippen LogP contribution in [0.15, 0.2) is 24.3 Å². The van der Waals surface area contributed by atoms with E-state index < -0.39 is 29.6 Å². The quantitative estimate of drug-likeness (QED) is 0.801. The van der Waals surface area contributed by atoms with Crippen molar-refractivity contribution in [3.63, 3.8) is 0 Å². The summed E-state index contributed by atoms with van der Waals surface area (Å²) in [5, 5.41) is 11.5. The summed E-state index contributed by atoms with van der Waals surface area (Å²) >= 11 is 0. The molecule has 0 radical (unpaired) electrons. The minimum Gasteiger partial charge on any atom is -0.480 e. The van der Waals surface area contributed by atoms with Crippen LogP contribution in [0.1, 0.15) is 5.56 Å². The number of piperazine rings is 1. The highest BCUT2D eigenvalue weighted by atomic mass is 19.1. The predicted octanol–water partition coefficient (Wildman–Crippen LogP) is -0.220. The van der Waals surface area contributed by atoms with Gasteiger partial charge in [-0.05, 0) is 17.7 Å². The molecule has 106 valence electrons. The zero-order valence-electron chi connectivity index (χ0n) is 10.5. The molecule has 20 heavy (non-hydrogen) atoms. The predicted molar refractivity (Wildman–Crippen MR) is 66.3 cm³/mol. The zero-order valence-corrected chi connectivity index (χ0v) is 10.5. The van der Waals surface area contributed by atoms with Crippen molar-refractivity contribution >= 4 is 17.8 Å². The van der Waals surface area contributed by atoms with Crippen LogP contribution in [0.25, 0.3) is 0 Å². The number of carboxylic acid groups (broad SMARTS) is 1. The average molecular weight is 280 g/mol. The van der Waals surface area contributed by atoms with E-state index in [4.69, 9.17) is 5.11 Å². The molecule has 0 aliphatic carbocycles. The van der Waals surface area contributed by atoms with Crippen LogP contribution >= 0.6 is 0 Å². The first-order valence-corrected chi connectivity index (χ1v) is 6.01. The molecule has 1 aliphatic heterocycles. The summed E-state index contributed by atoms with van der Waals surface area (Å²) in [6.07, 6.45) is -0.0721. The molecule has 1 atom stereocenters. The van der Waals surface area contributed by atoms with Gasteiger partial charge in [0.1, 0.15) is 18.4 Å². The molecular formula is C13H13FN2O4. The van der Waals surface area contributed by atoms with Crippen molar-refractivity contribution in [2.24, 2.45) is 0 Å². The highest BCUT2D eigenvalue weighted by molar-refractivity contribution is 5.91. The maximum atomic E-state index is 12.8. The van der Waals surface area contributed by atoms with Gasteiger partial charge in [0.2, 0.25) is 11.8 Å². The molecule has 0 bridgehead atoms. The van der Waals surface area contributed by atoms with Crippen LogP contribution in [0.3, 0.4) is 0 Å². The number of hydrogen-bond acceptors (Lipinski definition) is 3. The van der Waals surface area contributed by atoms with Gasteiger partial charge >= 0.3 is 5.97 Å². The number of nitrogens with one attached hydrogen (secondary N) is 1. The Labute approximate surface area is 114 Å². The number of rotatable bonds is 3. The van der Waals surface area contributed by atoms with Gasteiger partial charge in [0.05, 0.1) is 6.42 Å². The number of hydrogen-bond donors (Lipinski definition) is 2. The maximum absolute atomic E-state index is 12.8. The Morgan fingerprint density at radius 1 is 1.35 bits per heavy atom. The van der Waals surface area contributed by atoms with Gasteiger partial charge < -0.3 is 15.3 Å². The Hall–Kier alpha value is -2.44. The number of carbonyl (C=O) groups excluding carboxylic acids is 2. The van der Waals surface area contributed by atoms with Gasteiger partial charge in [0.25, 0.3) is 0 Å². The molecule has 2 rings (SSSR count). The number of carbonyl (C=O) groups is 3. The lowest BCUT2D eigenvalue weighted by atomic mass is 10.1. The molecular weight excluding hydrogens is 267 g/mol. The third kappa shape index (κ3) is 3.11. The molecule has 7 heteroatoms. The van der Waals surface area contributed by atoms with E-state index in [9.17, 15) is 18.8 Å². The zero-order chi connectivity index (χ0) is 14.7. The summed E-state index contributed by atoms with van der Waals surface area (Å²) in [6, 6.07) is 4.28. The molecule has 0 spiro atoms. The first-order chi connectivity index (χ1) is 9.47. The molecule has 0 saturated carbocycles. The van der Waals surface area contributed by atoms with Crippen LogP contribution in [0.5, 0.6) is 0 Å². The molecule has 0 aromatic heterocycles. The van der Waals surface area contributed by atoms with Gasteiger partial charge in [0, 0.05) is 6.54 Å². The fraction of sp³-hybridized carbons (Fsp3) is 0.308. The lowest BCUT2D eigenvalue weighted by molar-refractivity contribution is -0.153. The van der Waals surface area contributed by atoms with Crippen LogP contribution in [0.2, 0.25) is 0 Å². The van der Waals surface area contributed by atoms with E-state index in [0.29, 0.717) is 5.56 Å². The third-order valence-electron chi connectivity index (χ3n) is 3.06. The Balaban J connectivity index is 2.10. The molecule has 2 N–H and O–H groups in total. The van der Waals surface area contributed by atoms with Crippen molar-refractivity contribution in [2.75, 3.05) is 13.1 Å². The van der Waals surface area contributed by atoms with E-state index in [1.807, 2.05) is 0 Å². The Morgan fingerprint density at radius 3 is 2.60 bits per heavy atom. The standard InChI is InChI=1S/C13H13FN2O4/c14-9-3-1-8(2-4-9)5-12(18)16-7-11(17)15-6-10(16)13(19)20/h1-4,10H,5-7H2,(H,15,17)(H,19,20). The number of benzene rings is 1. The molecule has 1 fully saturated rings. The lowest BCUT2D eigenvalue weighted by Crippen LogP contribution is -2.59. The fourth-order valence-electron chi connectivity index (χ4n) is 2.00. The van der Waals surface area contributed by atoms with Crippen molar-refractivity contribution in [3.05, 3.63) is 35.6 Å². The minimum atomic E-state index is -1.17. The van der Waals surface area contributed by atoms with Crippen LogP contribution in [0.4, 0.5) is 4.39 Å². The third-order valence-corrected chi connectivity index (χ3v) is 3.06. The van der Waals surface area contributed by atoms with Crippen molar-refractivity contribution in [2.45, 2.75) is 12.5 Å². The second-order valence-electron chi connectivity index (χ2n) is 4.48. The number of nitrogens with zero attached hydrogens (tertiary/aromatic N) is 1. The SMILES string of the molecule is O=C1CN(C(=O)Cc2ccc(F)cc2)C(C(=O)O)CN1. The summed E-state index contributed by atoms with van der Waals surface area (Å²) in [5.74, 6) is -2.45. The molecule has 1 saturated heterocycles. The van der Waals surface area contributed by atoms with Gasteiger partial charge in [-0.2, -0.15) is 0 Å². The molecule has 1 aliphatic rings. The normalized spacial score (nSPS) is 18.6. The Bertz CT molecular complexity index is 544. The van der Waals surface area contributed by atoms with Crippen LogP contribution in [0, 0.1) is 5.82 Å². The summed E-state index contributed by atoms with van der Waals surface area (Å²) in [5.41, 5.74) is 0.562. The molecule has 1 aromatic rings. The Kier molecular flexibility index (Phi) is 3.97. The maximum Gasteiger partial charge on any atom is 0.328 e. The topological polar surface area (TPSA) is 86.7 Å². The van der Waals surface area contributed by atoms with Crippen molar-refractivity contribution in [1.29, 1.82) is 0 Å². The number of carboxylic acids is 1. The van der Waals surface area contributed by atoms with E-state index in [1.54, 1.807) is 0 Å². The van der Waals surface area contributed by atoms with Crippen molar-refractivity contribution < 1.29 is 23.9 Å². The van der Waals surface area contributed by atoms with E-state index in [1.165, 1.54) is 24.3 Å². The summed E-state index contributed by atoms with van der Waals surface area (Å²) < 4.78 is 12.8. The first-order valence-electron chi connectivity index (χ1n) is 6.01. The highest BCUT2D eigenvalue weighted by Crippen LogP contribution is 2.10. The number of aliphatic carboxylic acids is 1. The first kappa shape index (κ1) is 14.0. The van der Waals surface area contributed by atoms with Crippen molar-refractivity contribution in [1.82, 2.24) is 10.2 Å². The summed E-state index contributed by atoms with van der Waals surface area (Å²) in [6.45, 7) is -0.389. The summed E-state index contributed by atoms with van der Waals surface area (Å²) in [7, 11) is 0. The largest absolute Gasteiger partial charge is 0.480 e. The van der Waals surface area contributed by atoms with Crippen LogP contribution < -0.4 is 5.32 Å². The lowest BCUT2D eigenvalue weighted by Gasteiger charge is -2.32. The van der Waals surface area contributed by atoms with E-state index in [2.05, 4.69) is 5.32 Å². The number of amides is 2. The Morgan fingerprint density at radius 2 is 2.00 bits per heavy atom. The van der Waals surface area contributed by atoms with Gasteiger partial charge in [-0.25, -0.2) is 9.18 Å². The van der Waals surface area contributed by atoms with Crippen LogP contribution in [-0.2, 0) is 20.8 Å². The van der Waals surface area contributed by atoms with Crippen molar-refractivity contribution in [3.8, 4) is 0 Å². The molecule has 6 nitrogen and oxygen atoms in total. The van der Waals surface area contributed by atoms with Gasteiger partial charge in [0.15, 0.2) is 0 Å². The average Bonchev–Trinajstić information content (AvgIpc) is 2.41. The molecule has 1 unspecified atom stereocenters. The number of halogens is 1. The molecule has 1 aromatic carbocycles. The monoisotopic (exact) mass is 280 g/mol. The van der Waals surface area contributed by atoms with Crippen LogP contribution in [-0.4, -0.2) is 46.9 Å².